The molecule has 0 radical (unpaired) electrons. The van der Waals surface area contributed by atoms with Gasteiger partial charge in [0.25, 0.3) is 0 Å². The zero-order valence-electron chi connectivity index (χ0n) is 9.29. The molecule has 2 aromatic carbocycles. The van der Waals surface area contributed by atoms with Crippen LogP contribution < -0.4 is 5.73 Å². The van der Waals surface area contributed by atoms with Gasteiger partial charge >= 0.3 is 0 Å². The van der Waals surface area contributed by atoms with Crippen LogP contribution in [-0.2, 0) is 5.75 Å². The first-order valence-electron chi connectivity index (χ1n) is 5.18. The Morgan fingerprint density at radius 2 is 1.61 bits per heavy atom. The van der Waals surface area contributed by atoms with Crippen LogP contribution in [0.25, 0.3) is 0 Å². The minimum atomic E-state index is 0.560. The monoisotopic (exact) mass is 317 g/mol. The summed E-state index contributed by atoms with van der Waals surface area (Å²) < 4.78 is 0. The molecule has 18 heavy (non-hydrogen) atoms. The predicted octanol–water partition coefficient (Wildman–Crippen LogP) is 5.52. The number of rotatable bonds is 3. The Morgan fingerprint density at radius 3 is 2.22 bits per heavy atom. The second-order valence-electron chi connectivity index (χ2n) is 3.67. The largest absolute Gasteiger partial charge is 0.398 e. The minimum Gasteiger partial charge on any atom is -0.398 e. The van der Waals surface area contributed by atoms with Gasteiger partial charge in [0.05, 0.1) is 10.7 Å². The molecule has 0 heterocycles. The molecule has 94 valence electrons. The van der Waals surface area contributed by atoms with Crippen LogP contribution in [0.5, 0.6) is 0 Å². The standard InChI is InChI=1S/C13H10Cl3NS/c14-10-2-1-3-11(15)9(10)7-18-8-4-5-13(17)12(16)6-8/h1-6H,7,17H2. The Hall–Kier alpha value is -0.540. The van der Waals surface area contributed by atoms with Gasteiger partial charge in [-0.25, -0.2) is 0 Å². The fourth-order valence-electron chi connectivity index (χ4n) is 1.42. The van der Waals surface area contributed by atoms with Crippen molar-refractivity contribution in [3.05, 3.63) is 57.0 Å². The van der Waals surface area contributed by atoms with Gasteiger partial charge in [-0.2, -0.15) is 0 Å². The number of hydrogen-bond donors (Lipinski definition) is 1. The minimum absolute atomic E-state index is 0.560. The highest BCUT2D eigenvalue weighted by Gasteiger charge is 2.06. The maximum Gasteiger partial charge on any atom is 0.0646 e. The van der Waals surface area contributed by atoms with Crippen molar-refractivity contribution in [2.24, 2.45) is 0 Å². The van der Waals surface area contributed by atoms with E-state index in [2.05, 4.69) is 0 Å². The molecule has 0 saturated heterocycles. The Bertz CT molecular complexity index is 552. The number of nitrogen functional groups attached to an aromatic ring is 1. The molecule has 0 spiro atoms. The van der Waals surface area contributed by atoms with Crippen molar-refractivity contribution in [1.29, 1.82) is 0 Å². The first-order chi connectivity index (χ1) is 8.58. The highest BCUT2D eigenvalue weighted by atomic mass is 35.5. The Morgan fingerprint density at radius 1 is 0.944 bits per heavy atom. The van der Waals surface area contributed by atoms with Gasteiger partial charge in [0, 0.05) is 20.7 Å². The van der Waals surface area contributed by atoms with Crippen LogP contribution in [0.15, 0.2) is 41.3 Å². The van der Waals surface area contributed by atoms with E-state index in [1.807, 2.05) is 30.3 Å². The zero-order chi connectivity index (χ0) is 13.1. The number of halogens is 3. The summed E-state index contributed by atoms with van der Waals surface area (Å²) in [6.07, 6.45) is 0. The molecule has 5 heteroatoms. The number of benzene rings is 2. The first-order valence-corrected chi connectivity index (χ1v) is 7.30. The first kappa shape index (κ1) is 13.9. The van der Waals surface area contributed by atoms with E-state index in [1.165, 1.54) is 0 Å². The lowest BCUT2D eigenvalue weighted by molar-refractivity contribution is 1.38. The van der Waals surface area contributed by atoms with Gasteiger partial charge in [0.2, 0.25) is 0 Å². The van der Waals surface area contributed by atoms with Crippen molar-refractivity contribution < 1.29 is 0 Å². The average molecular weight is 319 g/mol. The highest BCUT2D eigenvalue weighted by Crippen LogP contribution is 2.33. The third-order valence-corrected chi connectivity index (χ3v) is 4.47. The van der Waals surface area contributed by atoms with Crippen molar-refractivity contribution in [3.63, 3.8) is 0 Å². The highest BCUT2D eigenvalue weighted by molar-refractivity contribution is 7.98. The molecule has 0 aliphatic heterocycles. The molecule has 1 nitrogen and oxygen atoms in total. The fourth-order valence-corrected chi connectivity index (χ4v) is 3.35. The van der Waals surface area contributed by atoms with Crippen LogP contribution in [0.3, 0.4) is 0 Å². The summed E-state index contributed by atoms with van der Waals surface area (Å²) >= 11 is 19.8. The molecule has 0 amide bonds. The molecule has 0 aliphatic carbocycles. The van der Waals surface area contributed by atoms with Gasteiger partial charge in [-0.15, -0.1) is 11.8 Å². The molecule has 2 aromatic rings. The van der Waals surface area contributed by atoms with Gasteiger partial charge in [-0.1, -0.05) is 40.9 Å². The fraction of sp³-hybridized carbons (Fsp3) is 0.0769. The maximum absolute atomic E-state index is 6.11. The van der Waals surface area contributed by atoms with E-state index in [0.29, 0.717) is 26.5 Å². The third kappa shape index (κ3) is 3.27. The summed E-state index contributed by atoms with van der Waals surface area (Å²) in [6, 6.07) is 11.1. The van der Waals surface area contributed by atoms with E-state index in [9.17, 15) is 0 Å². The normalized spacial score (nSPS) is 10.6. The molecule has 0 unspecified atom stereocenters. The van der Waals surface area contributed by atoms with Crippen molar-refractivity contribution in [2.75, 3.05) is 5.73 Å². The lowest BCUT2D eigenvalue weighted by atomic mass is 10.2. The second kappa shape index (κ2) is 6.07. The quantitative estimate of drug-likeness (QED) is 0.595. The lowest BCUT2D eigenvalue weighted by Crippen LogP contribution is -1.87. The van der Waals surface area contributed by atoms with E-state index in [1.54, 1.807) is 17.8 Å². The predicted molar refractivity (Wildman–Crippen MR) is 81.9 cm³/mol. The topological polar surface area (TPSA) is 26.0 Å². The Balaban J connectivity index is 2.14. The van der Waals surface area contributed by atoms with Crippen LogP contribution >= 0.6 is 46.6 Å². The van der Waals surface area contributed by atoms with Crippen LogP contribution in [0.1, 0.15) is 5.56 Å². The van der Waals surface area contributed by atoms with Crippen LogP contribution in [-0.4, -0.2) is 0 Å². The van der Waals surface area contributed by atoms with Crippen molar-refractivity contribution in [1.82, 2.24) is 0 Å². The molecule has 2 N–H and O–H groups in total. The molecular weight excluding hydrogens is 309 g/mol. The average Bonchev–Trinajstić information content (AvgIpc) is 2.33. The summed E-state index contributed by atoms with van der Waals surface area (Å²) in [4.78, 5) is 1.03. The summed E-state index contributed by atoms with van der Waals surface area (Å²) in [5.74, 6) is 0.693. The Kier molecular flexibility index (Phi) is 4.68. The summed E-state index contributed by atoms with van der Waals surface area (Å²) in [5, 5.41) is 1.92. The SMILES string of the molecule is Nc1ccc(SCc2c(Cl)cccc2Cl)cc1Cl. The summed E-state index contributed by atoms with van der Waals surface area (Å²) in [6.45, 7) is 0. The van der Waals surface area contributed by atoms with E-state index < -0.39 is 0 Å². The van der Waals surface area contributed by atoms with Gasteiger partial charge in [0.1, 0.15) is 0 Å². The number of thioether (sulfide) groups is 1. The molecule has 0 aliphatic rings. The third-order valence-electron chi connectivity index (χ3n) is 2.42. The van der Waals surface area contributed by atoms with Gasteiger partial charge < -0.3 is 5.73 Å². The van der Waals surface area contributed by atoms with Gasteiger partial charge in [-0.3, -0.25) is 0 Å². The van der Waals surface area contributed by atoms with E-state index in [4.69, 9.17) is 40.5 Å². The molecule has 0 bridgehead atoms. The van der Waals surface area contributed by atoms with E-state index in [-0.39, 0.29) is 0 Å². The van der Waals surface area contributed by atoms with Crippen LogP contribution in [0.2, 0.25) is 15.1 Å². The number of nitrogens with two attached hydrogens (primary N) is 1. The van der Waals surface area contributed by atoms with Crippen LogP contribution in [0, 0.1) is 0 Å². The van der Waals surface area contributed by atoms with E-state index >= 15 is 0 Å². The maximum atomic E-state index is 6.11. The summed E-state index contributed by atoms with van der Waals surface area (Å²) in [7, 11) is 0. The molecule has 2 rings (SSSR count). The lowest BCUT2D eigenvalue weighted by Gasteiger charge is -2.07. The van der Waals surface area contributed by atoms with Crippen molar-refractivity contribution in [3.8, 4) is 0 Å². The van der Waals surface area contributed by atoms with Crippen molar-refractivity contribution >= 4 is 52.3 Å². The number of anilines is 1. The van der Waals surface area contributed by atoms with Crippen LogP contribution in [0.4, 0.5) is 5.69 Å². The molecule has 0 atom stereocenters. The molecular formula is C13H10Cl3NS. The van der Waals surface area contributed by atoms with Crippen molar-refractivity contribution in [2.45, 2.75) is 10.6 Å². The number of hydrogen-bond acceptors (Lipinski definition) is 2. The smallest absolute Gasteiger partial charge is 0.0646 e. The zero-order valence-corrected chi connectivity index (χ0v) is 12.4. The van der Waals surface area contributed by atoms with E-state index in [0.717, 1.165) is 10.5 Å². The summed E-state index contributed by atoms with van der Waals surface area (Å²) in [5.41, 5.74) is 7.17. The Labute approximate surface area is 125 Å². The van der Waals surface area contributed by atoms with Gasteiger partial charge in [0.15, 0.2) is 0 Å². The second-order valence-corrected chi connectivity index (χ2v) is 5.94. The molecule has 0 saturated carbocycles. The molecule has 0 aromatic heterocycles. The molecule has 0 fully saturated rings. The van der Waals surface area contributed by atoms with Gasteiger partial charge in [-0.05, 0) is 35.9 Å².